The lowest BCUT2D eigenvalue weighted by Gasteiger charge is -2.40. The summed E-state index contributed by atoms with van der Waals surface area (Å²) >= 11 is 0. The highest BCUT2D eigenvalue weighted by molar-refractivity contribution is 5.84. The normalized spacial score (nSPS) is 16.3. The monoisotopic (exact) mass is 549 g/mol. The largest absolute Gasteiger partial charge is 0.497 e. The van der Waals surface area contributed by atoms with Gasteiger partial charge in [0, 0.05) is 17.0 Å². The smallest absolute Gasteiger partial charge is 0.249 e. The van der Waals surface area contributed by atoms with Gasteiger partial charge in [0.1, 0.15) is 17.4 Å². The Balaban J connectivity index is 1.40. The summed E-state index contributed by atoms with van der Waals surface area (Å²) in [5, 5.41) is 20.8. The molecular weight excluding hydrogens is 518 g/mol. The number of ether oxygens (including phenoxy) is 1. The third-order valence-corrected chi connectivity index (χ3v) is 7.68. The van der Waals surface area contributed by atoms with Gasteiger partial charge in [0.2, 0.25) is 5.91 Å². The SMILES string of the molecule is COc1ccc2ncc(F)c([C@H](O)CCC3(C(=O)NO)CCN(CCCc4cc(F)cc(F)c4F)CC3)c2c1. The Morgan fingerprint density at radius 1 is 1.15 bits per heavy atom. The summed E-state index contributed by atoms with van der Waals surface area (Å²) in [6.45, 7) is 1.48. The minimum atomic E-state index is -1.23. The van der Waals surface area contributed by atoms with Gasteiger partial charge in [-0.05, 0) is 88.0 Å². The van der Waals surface area contributed by atoms with Crippen molar-refractivity contribution in [1.82, 2.24) is 15.4 Å². The van der Waals surface area contributed by atoms with Gasteiger partial charge < -0.3 is 14.7 Å². The quantitative estimate of drug-likeness (QED) is 0.145. The Kier molecular flexibility index (Phi) is 9.04. The summed E-state index contributed by atoms with van der Waals surface area (Å²) in [5.41, 5.74) is 1.28. The van der Waals surface area contributed by atoms with E-state index in [1.807, 2.05) is 0 Å². The van der Waals surface area contributed by atoms with Gasteiger partial charge >= 0.3 is 0 Å². The summed E-state index contributed by atoms with van der Waals surface area (Å²) in [6, 6.07) is 6.45. The fourth-order valence-electron chi connectivity index (χ4n) is 5.39. The summed E-state index contributed by atoms with van der Waals surface area (Å²) in [4.78, 5) is 18.9. The molecule has 3 N–H and O–H groups in total. The van der Waals surface area contributed by atoms with E-state index in [0.717, 1.165) is 12.3 Å². The number of likely N-dealkylation sites (tertiary alicyclic amines) is 1. The third-order valence-electron chi connectivity index (χ3n) is 7.68. The highest BCUT2D eigenvalue weighted by atomic mass is 19.2. The van der Waals surface area contributed by atoms with Crippen molar-refractivity contribution in [2.45, 2.75) is 44.6 Å². The zero-order valence-electron chi connectivity index (χ0n) is 21.5. The van der Waals surface area contributed by atoms with Crippen LogP contribution in [0.5, 0.6) is 5.75 Å². The zero-order valence-corrected chi connectivity index (χ0v) is 21.5. The van der Waals surface area contributed by atoms with E-state index in [0.29, 0.717) is 61.6 Å². The van der Waals surface area contributed by atoms with Crippen molar-refractivity contribution in [1.29, 1.82) is 0 Å². The Labute approximate surface area is 223 Å². The summed E-state index contributed by atoms with van der Waals surface area (Å²) in [7, 11) is 1.48. The van der Waals surface area contributed by atoms with Gasteiger partial charge in [-0.2, -0.15) is 0 Å². The van der Waals surface area contributed by atoms with Crippen LogP contribution in [0.15, 0.2) is 36.5 Å². The number of nitrogens with zero attached hydrogens (tertiary/aromatic N) is 2. The van der Waals surface area contributed by atoms with Gasteiger partial charge in [0.15, 0.2) is 11.6 Å². The number of hydrogen-bond acceptors (Lipinski definition) is 6. The minimum Gasteiger partial charge on any atom is -0.497 e. The van der Waals surface area contributed by atoms with Crippen LogP contribution in [-0.2, 0) is 11.2 Å². The van der Waals surface area contributed by atoms with Gasteiger partial charge in [-0.1, -0.05) is 0 Å². The molecule has 4 rings (SSSR count). The number of aryl methyl sites for hydroxylation is 1. The number of nitrogens with one attached hydrogen (secondary N) is 1. The first-order chi connectivity index (χ1) is 18.7. The molecule has 1 aliphatic rings. The van der Waals surface area contributed by atoms with Crippen LogP contribution in [-0.4, -0.2) is 52.8 Å². The predicted molar refractivity (Wildman–Crippen MR) is 135 cm³/mol. The standard InChI is InChI=1S/C28H31F4N3O4/c1-39-19-4-5-23-20(15-19)25(22(31)16-33-23)24(36)6-7-28(27(37)34-38)8-11-35(12-9-28)10-2-3-17-13-18(29)14-21(30)26(17)32/h4-5,13-16,24,36,38H,2-3,6-12H2,1H3,(H,34,37)/t24-/m1/s1. The van der Waals surface area contributed by atoms with E-state index in [1.165, 1.54) is 7.11 Å². The number of carbonyl (C=O) groups excluding carboxylic acids is 1. The number of benzene rings is 2. The van der Waals surface area contributed by atoms with Crippen molar-refractivity contribution in [2.24, 2.45) is 5.41 Å². The molecule has 7 nitrogen and oxygen atoms in total. The number of piperidine rings is 1. The first-order valence-electron chi connectivity index (χ1n) is 12.8. The molecule has 1 aliphatic heterocycles. The van der Waals surface area contributed by atoms with E-state index >= 15 is 0 Å². The van der Waals surface area contributed by atoms with E-state index in [-0.39, 0.29) is 30.4 Å². The van der Waals surface area contributed by atoms with E-state index in [4.69, 9.17) is 4.74 Å². The number of rotatable bonds is 10. The minimum absolute atomic E-state index is 0.0269. The second-order valence-corrected chi connectivity index (χ2v) is 9.98. The topological polar surface area (TPSA) is 94.9 Å². The molecular formula is C28H31F4N3O4. The fourth-order valence-corrected chi connectivity index (χ4v) is 5.39. The molecule has 1 amide bonds. The molecule has 3 aromatic rings. The van der Waals surface area contributed by atoms with Gasteiger partial charge in [-0.3, -0.25) is 15.0 Å². The van der Waals surface area contributed by atoms with E-state index in [1.54, 1.807) is 23.7 Å². The predicted octanol–water partition coefficient (Wildman–Crippen LogP) is 4.83. The van der Waals surface area contributed by atoms with Crippen molar-refractivity contribution in [3.05, 3.63) is 70.9 Å². The Morgan fingerprint density at radius 2 is 1.90 bits per heavy atom. The lowest BCUT2D eigenvalue weighted by atomic mass is 9.73. The molecule has 0 unspecified atom stereocenters. The first-order valence-corrected chi connectivity index (χ1v) is 12.8. The first kappa shape index (κ1) is 28.7. The van der Waals surface area contributed by atoms with E-state index < -0.39 is 40.7 Å². The van der Waals surface area contributed by atoms with Crippen molar-refractivity contribution >= 4 is 16.8 Å². The summed E-state index contributed by atoms with van der Waals surface area (Å²) in [6.07, 6.45) is 1.40. The number of hydroxylamine groups is 1. The van der Waals surface area contributed by atoms with Crippen molar-refractivity contribution < 1.29 is 37.4 Å². The molecule has 0 aliphatic carbocycles. The van der Waals surface area contributed by atoms with Crippen LogP contribution >= 0.6 is 0 Å². The lowest BCUT2D eigenvalue weighted by Crippen LogP contribution is -2.48. The van der Waals surface area contributed by atoms with E-state index in [9.17, 15) is 32.7 Å². The number of fused-ring (bicyclic) bond motifs is 1. The fraction of sp³-hybridized carbons (Fsp3) is 0.429. The van der Waals surface area contributed by atoms with Crippen LogP contribution in [0.1, 0.15) is 49.3 Å². The van der Waals surface area contributed by atoms with Crippen LogP contribution in [0.25, 0.3) is 10.9 Å². The molecule has 0 spiro atoms. The van der Waals surface area contributed by atoms with Crippen LogP contribution < -0.4 is 10.2 Å². The number of pyridine rings is 1. The number of halogens is 4. The molecule has 39 heavy (non-hydrogen) atoms. The van der Waals surface area contributed by atoms with Crippen molar-refractivity contribution in [2.75, 3.05) is 26.7 Å². The van der Waals surface area contributed by atoms with Gasteiger partial charge in [-0.15, -0.1) is 0 Å². The molecule has 1 atom stereocenters. The van der Waals surface area contributed by atoms with Gasteiger partial charge in [0.25, 0.3) is 0 Å². The second-order valence-electron chi connectivity index (χ2n) is 9.98. The molecule has 1 saturated heterocycles. The average Bonchev–Trinajstić information content (AvgIpc) is 2.94. The molecule has 2 heterocycles. The number of aromatic nitrogens is 1. The van der Waals surface area contributed by atoms with Gasteiger partial charge in [0.05, 0.1) is 30.3 Å². The Morgan fingerprint density at radius 3 is 2.59 bits per heavy atom. The maximum absolute atomic E-state index is 14.8. The maximum Gasteiger partial charge on any atom is 0.249 e. The van der Waals surface area contributed by atoms with Crippen LogP contribution in [0, 0.1) is 28.7 Å². The van der Waals surface area contributed by atoms with Crippen LogP contribution in [0.4, 0.5) is 17.6 Å². The molecule has 0 bridgehead atoms. The molecule has 0 saturated carbocycles. The Hall–Kier alpha value is -3.28. The molecule has 1 aromatic heterocycles. The number of aliphatic hydroxyl groups excluding tert-OH is 1. The molecule has 2 aromatic carbocycles. The van der Waals surface area contributed by atoms with Gasteiger partial charge in [-0.25, -0.2) is 23.0 Å². The number of carbonyl (C=O) groups is 1. The average molecular weight is 550 g/mol. The Bertz CT molecular complexity index is 1330. The lowest BCUT2D eigenvalue weighted by molar-refractivity contribution is -0.143. The number of hydrogen-bond donors (Lipinski definition) is 3. The summed E-state index contributed by atoms with van der Waals surface area (Å²) in [5.74, 6) is -3.87. The molecule has 0 radical (unpaired) electrons. The molecule has 1 fully saturated rings. The molecule has 210 valence electrons. The summed E-state index contributed by atoms with van der Waals surface area (Å²) < 4.78 is 60.8. The third kappa shape index (κ3) is 6.32. The maximum atomic E-state index is 14.8. The van der Waals surface area contributed by atoms with Crippen LogP contribution in [0.3, 0.4) is 0 Å². The van der Waals surface area contributed by atoms with E-state index in [2.05, 4.69) is 9.88 Å². The highest BCUT2D eigenvalue weighted by Crippen LogP contribution is 2.40. The van der Waals surface area contributed by atoms with Crippen LogP contribution in [0.2, 0.25) is 0 Å². The zero-order chi connectivity index (χ0) is 28.2. The number of amides is 1. The molecule has 11 heteroatoms. The second kappa shape index (κ2) is 12.3. The number of aliphatic hydroxyl groups is 1. The number of methoxy groups -OCH3 is 1. The van der Waals surface area contributed by atoms with Crippen molar-refractivity contribution in [3.8, 4) is 5.75 Å². The highest BCUT2D eigenvalue weighted by Gasteiger charge is 2.41. The van der Waals surface area contributed by atoms with Crippen molar-refractivity contribution in [3.63, 3.8) is 0 Å².